The van der Waals surface area contributed by atoms with Gasteiger partial charge in [0.15, 0.2) is 5.82 Å². The molecule has 0 aliphatic rings. The quantitative estimate of drug-likeness (QED) is 0.659. The smallest absolute Gasteiger partial charge is 0.210 e. The fourth-order valence-corrected chi connectivity index (χ4v) is 2.35. The molecule has 0 atom stereocenters. The second-order valence-corrected chi connectivity index (χ2v) is 4.70. The van der Waals surface area contributed by atoms with Crippen molar-refractivity contribution in [2.24, 2.45) is 0 Å². The third-order valence-corrected chi connectivity index (χ3v) is 3.59. The van der Waals surface area contributed by atoms with Crippen LogP contribution in [-0.2, 0) is 12.2 Å². The summed E-state index contributed by atoms with van der Waals surface area (Å²) in [7, 11) is 1.66. The van der Waals surface area contributed by atoms with E-state index >= 15 is 0 Å². The molecule has 2 aromatic rings. The minimum absolute atomic E-state index is 0.739. The monoisotopic (exact) mass is 264 g/mol. The second-order valence-electron chi connectivity index (χ2n) is 3.76. The molecular formula is C12H16N4OS. The molecule has 2 N–H and O–H groups in total. The summed E-state index contributed by atoms with van der Waals surface area (Å²) in [6.45, 7) is 2.01. The first-order chi connectivity index (χ1) is 8.74. The van der Waals surface area contributed by atoms with Gasteiger partial charge in [-0.1, -0.05) is 30.8 Å². The van der Waals surface area contributed by atoms with Crippen molar-refractivity contribution in [3.05, 3.63) is 35.7 Å². The number of nitrogen functional groups attached to an aromatic ring is 1. The summed E-state index contributed by atoms with van der Waals surface area (Å²) < 4.78 is 6.67. The summed E-state index contributed by atoms with van der Waals surface area (Å²) >= 11 is 1.57. The maximum atomic E-state index is 5.87. The number of ether oxygens (including phenoxy) is 1. The van der Waals surface area contributed by atoms with Crippen LogP contribution in [0.2, 0.25) is 0 Å². The fourth-order valence-electron chi connectivity index (χ4n) is 1.52. The standard InChI is InChI=1S/C12H16N4OS/c1-3-11-14-15-12(16(11)13)18-8-9-4-6-10(17-2)7-5-9/h4-7H,3,8,13H2,1-2H3. The van der Waals surface area contributed by atoms with Crippen molar-refractivity contribution in [3.8, 4) is 5.75 Å². The number of thioether (sulfide) groups is 1. The number of methoxy groups -OCH3 is 1. The van der Waals surface area contributed by atoms with Gasteiger partial charge in [0.2, 0.25) is 5.16 Å². The number of aromatic nitrogens is 3. The van der Waals surface area contributed by atoms with Crippen molar-refractivity contribution in [1.82, 2.24) is 14.9 Å². The van der Waals surface area contributed by atoms with Gasteiger partial charge >= 0.3 is 0 Å². The summed E-state index contributed by atoms with van der Waals surface area (Å²) in [6.07, 6.45) is 0.784. The molecule has 0 bridgehead atoms. The first-order valence-electron chi connectivity index (χ1n) is 5.69. The Labute approximate surface area is 110 Å². The predicted octanol–water partition coefficient (Wildman–Crippen LogP) is 1.86. The summed E-state index contributed by atoms with van der Waals surface area (Å²) in [5, 5.41) is 8.82. The van der Waals surface area contributed by atoms with Gasteiger partial charge in [-0.15, -0.1) is 10.2 Å². The van der Waals surface area contributed by atoms with E-state index in [1.165, 1.54) is 5.56 Å². The van der Waals surface area contributed by atoms with Crippen LogP contribution in [0.25, 0.3) is 0 Å². The largest absolute Gasteiger partial charge is 0.497 e. The van der Waals surface area contributed by atoms with E-state index in [2.05, 4.69) is 10.2 Å². The Kier molecular flexibility index (Phi) is 4.09. The van der Waals surface area contributed by atoms with E-state index in [-0.39, 0.29) is 0 Å². The van der Waals surface area contributed by atoms with Gasteiger partial charge < -0.3 is 10.6 Å². The molecule has 5 nitrogen and oxygen atoms in total. The van der Waals surface area contributed by atoms with E-state index in [0.29, 0.717) is 0 Å². The summed E-state index contributed by atoms with van der Waals surface area (Å²) in [5.41, 5.74) is 1.20. The molecule has 0 aliphatic heterocycles. The molecule has 0 spiro atoms. The van der Waals surface area contributed by atoms with Crippen molar-refractivity contribution in [2.75, 3.05) is 13.0 Å². The van der Waals surface area contributed by atoms with E-state index in [1.807, 2.05) is 31.2 Å². The molecule has 6 heteroatoms. The minimum atomic E-state index is 0.739. The van der Waals surface area contributed by atoms with Crippen LogP contribution < -0.4 is 10.6 Å². The van der Waals surface area contributed by atoms with E-state index in [9.17, 15) is 0 Å². The number of aryl methyl sites for hydroxylation is 1. The molecule has 1 aromatic heterocycles. The first kappa shape index (κ1) is 12.8. The lowest BCUT2D eigenvalue weighted by molar-refractivity contribution is 0.414. The molecule has 1 heterocycles. The number of benzene rings is 1. The fraction of sp³-hybridized carbons (Fsp3) is 0.333. The molecule has 96 valence electrons. The van der Waals surface area contributed by atoms with Crippen LogP contribution in [0.15, 0.2) is 29.4 Å². The first-order valence-corrected chi connectivity index (χ1v) is 6.68. The second kappa shape index (κ2) is 5.77. The summed E-state index contributed by atoms with van der Waals surface area (Å²) in [5.74, 6) is 8.34. The van der Waals surface area contributed by atoms with E-state index < -0.39 is 0 Å². The zero-order chi connectivity index (χ0) is 13.0. The zero-order valence-corrected chi connectivity index (χ0v) is 11.3. The van der Waals surface area contributed by atoms with Crippen molar-refractivity contribution in [2.45, 2.75) is 24.3 Å². The van der Waals surface area contributed by atoms with Crippen LogP contribution >= 0.6 is 11.8 Å². The highest BCUT2D eigenvalue weighted by molar-refractivity contribution is 7.98. The van der Waals surface area contributed by atoms with Gasteiger partial charge in [-0.3, -0.25) is 0 Å². The number of rotatable bonds is 5. The van der Waals surface area contributed by atoms with Crippen molar-refractivity contribution < 1.29 is 4.74 Å². The van der Waals surface area contributed by atoms with Gasteiger partial charge in [-0.05, 0) is 17.7 Å². The van der Waals surface area contributed by atoms with Crippen LogP contribution in [0.3, 0.4) is 0 Å². The maximum absolute atomic E-state index is 5.87. The number of hydrogen-bond acceptors (Lipinski definition) is 5. The zero-order valence-electron chi connectivity index (χ0n) is 10.5. The Morgan fingerprint density at radius 1 is 1.28 bits per heavy atom. The normalized spacial score (nSPS) is 10.6. The highest BCUT2D eigenvalue weighted by Crippen LogP contribution is 2.21. The van der Waals surface area contributed by atoms with Crippen LogP contribution in [0.1, 0.15) is 18.3 Å². The van der Waals surface area contributed by atoms with Gasteiger partial charge in [0.1, 0.15) is 5.75 Å². The Morgan fingerprint density at radius 2 is 2.00 bits per heavy atom. The van der Waals surface area contributed by atoms with E-state index in [0.717, 1.165) is 28.9 Å². The number of nitrogens with two attached hydrogens (primary N) is 1. The molecule has 1 aromatic carbocycles. The molecule has 0 amide bonds. The Balaban J connectivity index is 1.99. The molecule has 2 rings (SSSR count). The van der Waals surface area contributed by atoms with Crippen molar-refractivity contribution in [3.63, 3.8) is 0 Å². The topological polar surface area (TPSA) is 66.0 Å². The average molecular weight is 264 g/mol. The Morgan fingerprint density at radius 3 is 2.56 bits per heavy atom. The summed E-state index contributed by atoms with van der Waals surface area (Å²) in [4.78, 5) is 0. The van der Waals surface area contributed by atoms with Gasteiger partial charge in [0.25, 0.3) is 0 Å². The number of nitrogens with zero attached hydrogens (tertiary/aromatic N) is 3. The molecule has 0 fully saturated rings. The molecule has 0 saturated carbocycles. The lowest BCUT2D eigenvalue weighted by atomic mass is 10.2. The predicted molar refractivity (Wildman–Crippen MR) is 72.1 cm³/mol. The maximum Gasteiger partial charge on any atom is 0.210 e. The SMILES string of the molecule is CCc1nnc(SCc2ccc(OC)cc2)n1N. The molecule has 0 unspecified atom stereocenters. The number of hydrogen-bond donors (Lipinski definition) is 1. The highest BCUT2D eigenvalue weighted by atomic mass is 32.2. The van der Waals surface area contributed by atoms with Gasteiger partial charge in [0, 0.05) is 12.2 Å². The minimum Gasteiger partial charge on any atom is -0.497 e. The Hall–Kier alpha value is -1.69. The average Bonchev–Trinajstić information content (AvgIpc) is 2.77. The lowest BCUT2D eigenvalue weighted by Crippen LogP contribution is -2.13. The lowest BCUT2D eigenvalue weighted by Gasteiger charge is -2.04. The van der Waals surface area contributed by atoms with Crippen LogP contribution in [0.4, 0.5) is 0 Å². The third-order valence-electron chi connectivity index (χ3n) is 2.58. The van der Waals surface area contributed by atoms with Crippen LogP contribution in [-0.4, -0.2) is 22.0 Å². The highest BCUT2D eigenvalue weighted by Gasteiger charge is 2.08. The van der Waals surface area contributed by atoms with Crippen molar-refractivity contribution >= 4 is 11.8 Å². The molecule has 0 aliphatic carbocycles. The molecule has 18 heavy (non-hydrogen) atoms. The molecule has 0 radical (unpaired) electrons. The van der Waals surface area contributed by atoms with Gasteiger partial charge in [-0.2, -0.15) is 0 Å². The molecular weight excluding hydrogens is 248 g/mol. The van der Waals surface area contributed by atoms with Crippen LogP contribution in [0, 0.1) is 0 Å². The Bertz CT molecular complexity index is 509. The van der Waals surface area contributed by atoms with E-state index in [1.54, 1.807) is 23.5 Å². The third kappa shape index (κ3) is 2.76. The summed E-state index contributed by atoms with van der Waals surface area (Å²) in [6, 6.07) is 7.95. The van der Waals surface area contributed by atoms with E-state index in [4.69, 9.17) is 10.6 Å². The van der Waals surface area contributed by atoms with Crippen LogP contribution in [0.5, 0.6) is 5.75 Å². The van der Waals surface area contributed by atoms with Gasteiger partial charge in [-0.25, -0.2) is 4.68 Å². The molecule has 0 saturated heterocycles. The van der Waals surface area contributed by atoms with Crippen molar-refractivity contribution in [1.29, 1.82) is 0 Å². The van der Waals surface area contributed by atoms with Gasteiger partial charge in [0.05, 0.1) is 7.11 Å².